The summed E-state index contributed by atoms with van der Waals surface area (Å²) in [6.45, 7) is 6.94. The van der Waals surface area contributed by atoms with Gasteiger partial charge in [0.05, 0.1) is 16.8 Å². The first kappa shape index (κ1) is 23.7. The molecule has 27 heavy (non-hydrogen) atoms. The van der Waals surface area contributed by atoms with Crippen LogP contribution in [0.3, 0.4) is 0 Å². The van der Waals surface area contributed by atoms with Crippen molar-refractivity contribution in [3.63, 3.8) is 0 Å². The van der Waals surface area contributed by atoms with Crippen LogP contribution in [0, 0.1) is 6.92 Å². The monoisotopic (exact) mass is 507 g/mol. The fourth-order valence-corrected chi connectivity index (χ4v) is 3.45. The van der Waals surface area contributed by atoms with Gasteiger partial charge in [-0.2, -0.15) is 0 Å². The number of fused-ring (bicyclic) bond motifs is 1. The van der Waals surface area contributed by atoms with Gasteiger partial charge in [0.25, 0.3) is 0 Å². The highest BCUT2D eigenvalue weighted by atomic mass is 127. The van der Waals surface area contributed by atoms with E-state index >= 15 is 0 Å². The lowest BCUT2D eigenvalue weighted by molar-refractivity contribution is 0.598. The Morgan fingerprint density at radius 1 is 1.22 bits per heavy atom. The lowest BCUT2D eigenvalue weighted by atomic mass is 10.3. The zero-order chi connectivity index (χ0) is 19.0. The summed E-state index contributed by atoms with van der Waals surface area (Å²) in [4.78, 5) is 9.15. The number of nitrogens with zero attached hydrogens (tertiary/aromatic N) is 3. The number of benzene rings is 1. The molecule has 0 aliphatic heterocycles. The van der Waals surface area contributed by atoms with Crippen LogP contribution in [0.5, 0.6) is 0 Å². The number of aryl methyl sites for hydroxylation is 2. The van der Waals surface area contributed by atoms with Crippen molar-refractivity contribution < 1.29 is 8.42 Å². The molecule has 0 saturated heterocycles. The summed E-state index contributed by atoms with van der Waals surface area (Å²) in [5.41, 5.74) is 2.18. The highest BCUT2D eigenvalue weighted by Crippen LogP contribution is 2.15. The number of hydrogen-bond donors (Lipinski definition) is 2. The molecule has 0 aliphatic carbocycles. The quantitative estimate of drug-likeness (QED) is 0.236. The summed E-state index contributed by atoms with van der Waals surface area (Å²) >= 11 is 0. The van der Waals surface area contributed by atoms with Gasteiger partial charge >= 0.3 is 0 Å². The second-order valence-electron chi connectivity index (χ2n) is 6.32. The van der Waals surface area contributed by atoms with Crippen LogP contribution in [0.15, 0.2) is 29.3 Å². The third-order valence-electron chi connectivity index (χ3n) is 3.98. The molecule has 0 amide bonds. The van der Waals surface area contributed by atoms with Crippen molar-refractivity contribution in [2.45, 2.75) is 33.2 Å². The minimum atomic E-state index is -2.91. The van der Waals surface area contributed by atoms with Gasteiger partial charge in [-0.05, 0) is 38.8 Å². The van der Waals surface area contributed by atoms with Crippen molar-refractivity contribution in [3.05, 3.63) is 30.1 Å². The summed E-state index contributed by atoms with van der Waals surface area (Å²) in [6.07, 6.45) is 2.73. The predicted octanol–water partition coefficient (Wildman–Crippen LogP) is 2.34. The number of guanidine groups is 1. The Morgan fingerprint density at radius 2 is 1.96 bits per heavy atom. The number of imidazole rings is 1. The van der Waals surface area contributed by atoms with E-state index in [1.165, 1.54) is 6.26 Å². The first-order valence-electron chi connectivity index (χ1n) is 9.02. The molecule has 2 N–H and O–H groups in total. The first-order chi connectivity index (χ1) is 12.4. The number of halogens is 1. The van der Waals surface area contributed by atoms with Crippen molar-refractivity contribution in [1.29, 1.82) is 0 Å². The molecular formula is C18H30IN5O2S. The Hall–Kier alpha value is -1.36. The van der Waals surface area contributed by atoms with E-state index in [0.29, 0.717) is 19.5 Å². The fraction of sp³-hybridized carbons (Fsp3) is 0.556. The minimum Gasteiger partial charge on any atom is -0.357 e. The smallest absolute Gasteiger partial charge is 0.191 e. The Morgan fingerprint density at radius 3 is 2.67 bits per heavy atom. The molecule has 0 bridgehead atoms. The van der Waals surface area contributed by atoms with Crippen molar-refractivity contribution >= 4 is 50.8 Å². The molecule has 0 fully saturated rings. The van der Waals surface area contributed by atoms with Crippen LogP contribution in [0.1, 0.15) is 25.6 Å². The standard InChI is InChI=1S/C18H29N5O2S.HI/c1-4-19-18(21-12-8-14-26(3,24)25)20-11-7-13-23-15(2)22-16-9-5-6-10-17(16)23;/h5-6,9-10H,4,7-8,11-14H2,1-3H3,(H2,19,20,21);1H. The summed E-state index contributed by atoms with van der Waals surface area (Å²) in [5.74, 6) is 1.93. The molecule has 152 valence electrons. The van der Waals surface area contributed by atoms with Gasteiger partial charge in [-0.25, -0.2) is 13.4 Å². The van der Waals surface area contributed by atoms with Crippen molar-refractivity contribution in [3.8, 4) is 0 Å². The predicted molar refractivity (Wildman–Crippen MR) is 123 cm³/mol. The van der Waals surface area contributed by atoms with E-state index in [1.54, 1.807) is 0 Å². The Kier molecular flexibility index (Phi) is 10.1. The number of nitrogens with one attached hydrogen (secondary N) is 2. The number of hydrogen-bond acceptors (Lipinski definition) is 4. The zero-order valence-corrected chi connectivity index (χ0v) is 19.4. The molecule has 1 aromatic carbocycles. The fourth-order valence-electron chi connectivity index (χ4n) is 2.78. The minimum absolute atomic E-state index is 0. The number of para-hydroxylation sites is 2. The largest absolute Gasteiger partial charge is 0.357 e. The number of aromatic nitrogens is 2. The van der Waals surface area contributed by atoms with Gasteiger partial charge in [0, 0.05) is 32.4 Å². The summed E-state index contributed by atoms with van der Waals surface area (Å²) in [7, 11) is -2.91. The molecule has 2 rings (SSSR count). The zero-order valence-electron chi connectivity index (χ0n) is 16.2. The lowest BCUT2D eigenvalue weighted by Gasteiger charge is -2.11. The summed E-state index contributed by atoms with van der Waals surface area (Å²) in [6, 6.07) is 8.15. The highest BCUT2D eigenvalue weighted by Gasteiger charge is 2.06. The average Bonchev–Trinajstić information content (AvgIpc) is 2.90. The third kappa shape index (κ3) is 8.04. The number of rotatable bonds is 9. The number of aliphatic imine (C=N–C) groups is 1. The topological polar surface area (TPSA) is 88.4 Å². The normalized spacial score (nSPS) is 12.0. The van der Waals surface area contributed by atoms with Gasteiger partial charge in [0.1, 0.15) is 15.7 Å². The van der Waals surface area contributed by atoms with E-state index < -0.39 is 9.84 Å². The molecule has 0 atom stereocenters. The van der Waals surface area contributed by atoms with Crippen LogP contribution in [0.2, 0.25) is 0 Å². The van der Waals surface area contributed by atoms with E-state index in [9.17, 15) is 8.42 Å². The molecule has 0 spiro atoms. The van der Waals surface area contributed by atoms with Crippen LogP contribution in [-0.4, -0.2) is 55.6 Å². The van der Waals surface area contributed by atoms with Gasteiger partial charge in [-0.15, -0.1) is 24.0 Å². The van der Waals surface area contributed by atoms with Gasteiger partial charge < -0.3 is 15.2 Å². The highest BCUT2D eigenvalue weighted by molar-refractivity contribution is 14.0. The molecule has 7 nitrogen and oxygen atoms in total. The van der Waals surface area contributed by atoms with Crippen LogP contribution in [-0.2, 0) is 16.4 Å². The average molecular weight is 507 g/mol. The van der Waals surface area contributed by atoms with Crippen LogP contribution >= 0.6 is 24.0 Å². The molecule has 9 heteroatoms. The van der Waals surface area contributed by atoms with Crippen LogP contribution in [0.4, 0.5) is 0 Å². The maximum atomic E-state index is 11.2. The second kappa shape index (κ2) is 11.5. The Bertz CT molecular complexity index is 849. The first-order valence-corrected chi connectivity index (χ1v) is 11.1. The molecule has 0 saturated carbocycles. The van der Waals surface area contributed by atoms with E-state index in [1.807, 2.05) is 32.0 Å². The maximum absolute atomic E-state index is 11.2. The molecular weight excluding hydrogens is 477 g/mol. The van der Waals surface area contributed by atoms with Crippen molar-refractivity contribution in [2.75, 3.05) is 31.6 Å². The van der Waals surface area contributed by atoms with Gasteiger partial charge in [-0.1, -0.05) is 12.1 Å². The summed E-state index contributed by atoms with van der Waals surface area (Å²) in [5, 5.41) is 6.37. The van der Waals surface area contributed by atoms with Crippen molar-refractivity contribution in [1.82, 2.24) is 20.2 Å². The molecule has 0 radical (unpaired) electrons. The molecule has 0 unspecified atom stereocenters. The van der Waals surface area contributed by atoms with E-state index in [-0.39, 0.29) is 29.7 Å². The van der Waals surface area contributed by atoms with E-state index in [4.69, 9.17) is 0 Å². The molecule has 1 aromatic heterocycles. The van der Waals surface area contributed by atoms with Crippen LogP contribution < -0.4 is 10.6 Å². The number of sulfone groups is 1. The van der Waals surface area contributed by atoms with Gasteiger partial charge in [0.2, 0.25) is 0 Å². The Balaban J connectivity index is 0.00000364. The third-order valence-corrected chi connectivity index (χ3v) is 5.01. The molecule has 1 heterocycles. The van der Waals surface area contributed by atoms with Crippen molar-refractivity contribution in [2.24, 2.45) is 4.99 Å². The summed E-state index contributed by atoms with van der Waals surface area (Å²) < 4.78 is 24.5. The molecule has 2 aromatic rings. The van der Waals surface area contributed by atoms with Gasteiger partial charge in [0.15, 0.2) is 5.96 Å². The second-order valence-corrected chi connectivity index (χ2v) is 8.58. The van der Waals surface area contributed by atoms with E-state index in [2.05, 4.69) is 31.2 Å². The van der Waals surface area contributed by atoms with Gasteiger partial charge in [-0.3, -0.25) is 4.99 Å². The van der Waals surface area contributed by atoms with Crippen LogP contribution in [0.25, 0.3) is 11.0 Å². The SMILES string of the molecule is CCNC(=NCCCn1c(C)nc2ccccc21)NCCCS(C)(=O)=O.I. The molecule has 0 aliphatic rings. The van der Waals surface area contributed by atoms with E-state index in [0.717, 1.165) is 42.3 Å². The Labute approximate surface area is 179 Å². The lowest BCUT2D eigenvalue weighted by Crippen LogP contribution is -2.38. The maximum Gasteiger partial charge on any atom is 0.191 e.